The van der Waals surface area contributed by atoms with Crippen LogP contribution >= 0.6 is 11.6 Å². The van der Waals surface area contributed by atoms with Crippen LogP contribution in [0.3, 0.4) is 0 Å². The Kier molecular flexibility index (Phi) is 8.14. The maximum atomic E-state index is 13.7. The van der Waals surface area contributed by atoms with E-state index in [9.17, 15) is 27.6 Å². The minimum atomic E-state index is -4.67. The molecule has 15 heteroatoms. The Hall–Kier alpha value is -3.91. The summed E-state index contributed by atoms with van der Waals surface area (Å²) in [7, 11) is 1.46. The summed E-state index contributed by atoms with van der Waals surface area (Å²) in [4.78, 5) is 46.7. The fraction of sp³-hybridized carbons (Fsp3) is 0.483. The normalized spacial score (nSPS) is 18.0. The first-order valence-electron chi connectivity index (χ1n) is 14.6. The van der Waals surface area contributed by atoms with Crippen molar-refractivity contribution in [3.05, 3.63) is 52.7 Å². The van der Waals surface area contributed by atoms with Crippen molar-refractivity contribution in [2.45, 2.75) is 37.9 Å². The summed E-state index contributed by atoms with van der Waals surface area (Å²) in [6.07, 6.45) is 1.07. The third-order valence-electron chi connectivity index (χ3n) is 8.41. The van der Waals surface area contributed by atoms with Gasteiger partial charge in [-0.15, -0.1) is 0 Å². The molecule has 6 rings (SSSR count). The molecule has 3 amide bonds. The molecule has 0 atom stereocenters. The van der Waals surface area contributed by atoms with E-state index in [2.05, 4.69) is 20.7 Å². The molecule has 0 bridgehead atoms. The summed E-state index contributed by atoms with van der Waals surface area (Å²) >= 11 is 6.46. The van der Waals surface area contributed by atoms with Gasteiger partial charge in [-0.25, -0.2) is 4.98 Å². The first-order chi connectivity index (χ1) is 21.0. The van der Waals surface area contributed by atoms with Crippen molar-refractivity contribution in [3.63, 3.8) is 0 Å². The van der Waals surface area contributed by atoms with Crippen LogP contribution < -0.4 is 10.6 Å². The van der Waals surface area contributed by atoms with Crippen molar-refractivity contribution >= 4 is 35.0 Å². The van der Waals surface area contributed by atoms with E-state index in [-0.39, 0.29) is 57.1 Å². The smallest absolute Gasteiger partial charge is 0.339 e. The van der Waals surface area contributed by atoms with Gasteiger partial charge in [0.25, 0.3) is 11.8 Å². The van der Waals surface area contributed by atoms with Gasteiger partial charge in [-0.1, -0.05) is 11.6 Å². The molecule has 0 spiro atoms. The highest BCUT2D eigenvalue weighted by molar-refractivity contribution is 6.34. The molecule has 234 valence electrons. The fourth-order valence-electron chi connectivity index (χ4n) is 5.77. The first kappa shape index (κ1) is 30.1. The van der Waals surface area contributed by atoms with E-state index in [4.69, 9.17) is 11.6 Å². The van der Waals surface area contributed by atoms with Crippen LogP contribution in [0.1, 0.15) is 58.4 Å². The van der Waals surface area contributed by atoms with Gasteiger partial charge >= 0.3 is 6.18 Å². The number of rotatable bonds is 6. The predicted octanol–water partition coefficient (Wildman–Crippen LogP) is 3.83. The van der Waals surface area contributed by atoms with Crippen LogP contribution in [-0.4, -0.2) is 86.1 Å². The Morgan fingerprint density at radius 2 is 1.70 bits per heavy atom. The van der Waals surface area contributed by atoms with Crippen molar-refractivity contribution in [3.8, 4) is 11.3 Å². The molecule has 1 saturated carbocycles. The van der Waals surface area contributed by atoms with Crippen LogP contribution in [0.4, 0.5) is 18.9 Å². The summed E-state index contributed by atoms with van der Waals surface area (Å²) in [6, 6.07) is 4.42. The van der Waals surface area contributed by atoms with Gasteiger partial charge in [-0.3, -0.25) is 19.1 Å². The SMILES string of the molecule is Cn1c(-c2cn(C3CC3)nc2C(F)(F)F)cnc1C(=O)Nc1ccc(C(=O)N2CCN(C(=O)C3CCNCC3)CC2)c(Cl)c1. The number of piperazine rings is 1. The topological polar surface area (TPSA) is 117 Å². The zero-order chi connectivity index (χ0) is 31.2. The highest BCUT2D eigenvalue weighted by Gasteiger charge is 2.40. The molecular weight excluding hydrogens is 601 g/mol. The van der Waals surface area contributed by atoms with Crippen molar-refractivity contribution in [1.29, 1.82) is 0 Å². The van der Waals surface area contributed by atoms with Gasteiger partial charge in [0.15, 0.2) is 11.5 Å². The van der Waals surface area contributed by atoms with E-state index < -0.39 is 17.8 Å². The molecule has 44 heavy (non-hydrogen) atoms. The molecule has 1 aliphatic carbocycles. The third kappa shape index (κ3) is 6.05. The Bertz CT molecular complexity index is 1580. The summed E-state index contributed by atoms with van der Waals surface area (Å²) < 4.78 is 43.8. The van der Waals surface area contributed by atoms with E-state index in [1.165, 1.54) is 46.9 Å². The lowest BCUT2D eigenvalue weighted by atomic mass is 9.96. The van der Waals surface area contributed by atoms with Crippen LogP contribution in [0, 0.1) is 5.92 Å². The van der Waals surface area contributed by atoms with E-state index >= 15 is 0 Å². The molecule has 2 aliphatic heterocycles. The number of halogens is 4. The van der Waals surface area contributed by atoms with Gasteiger partial charge in [0, 0.05) is 51.0 Å². The average molecular weight is 633 g/mol. The molecule has 0 unspecified atom stereocenters. The molecule has 1 aromatic carbocycles. The number of nitrogens with zero attached hydrogens (tertiary/aromatic N) is 6. The van der Waals surface area contributed by atoms with Gasteiger partial charge in [0.2, 0.25) is 5.91 Å². The number of carbonyl (C=O) groups excluding carboxylic acids is 3. The lowest BCUT2D eigenvalue weighted by molar-refractivity contribution is -0.141. The minimum absolute atomic E-state index is 0.0248. The van der Waals surface area contributed by atoms with Gasteiger partial charge in [-0.2, -0.15) is 18.3 Å². The molecule has 11 nitrogen and oxygen atoms in total. The molecule has 0 radical (unpaired) electrons. The zero-order valence-corrected chi connectivity index (χ0v) is 24.8. The summed E-state index contributed by atoms with van der Waals surface area (Å²) in [5, 5.41) is 9.81. The zero-order valence-electron chi connectivity index (χ0n) is 24.0. The van der Waals surface area contributed by atoms with E-state index in [0.717, 1.165) is 38.8 Å². The number of anilines is 1. The molecule has 3 aromatic rings. The Morgan fingerprint density at radius 1 is 1.02 bits per heavy atom. The lowest BCUT2D eigenvalue weighted by Gasteiger charge is -2.37. The fourth-order valence-corrected chi connectivity index (χ4v) is 6.03. The molecule has 2 N–H and O–H groups in total. The quantitative estimate of drug-likeness (QED) is 0.427. The number of imidazole rings is 1. The van der Waals surface area contributed by atoms with Crippen molar-refractivity contribution in [2.24, 2.45) is 13.0 Å². The summed E-state index contributed by atoms with van der Waals surface area (Å²) in [5.41, 5.74) is -0.529. The number of hydrogen-bond acceptors (Lipinski definition) is 6. The van der Waals surface area contributed by atoms with Gasteiger partial charge in [0.05, 0.1) is 34.1 Å². The Morgan fingerprint density at radius 3 is 2.34 bits per heavy atom. The number of carbonyl (C=O) groups is 3. The van der Waals surface area contributed by atoms with Crippen molar-refractivity contribution < 1.29 is 27.6 Å². The summed E-state index contributed by atoms with van der Waals surface area (Å²) in [6.45, 7) is 3.36. The predicted molar refractivity (Wildman–Crippen MR) is 155 cm³/mol. The standard InChI is InChI=1S/C29H32ClF3N8O3/c1-38-23(21-16-41(19-3-4-19)37-24(21)29(31,32)33)15-35-25(38)26(42)36-18-2-5-20(22(30)14-18)28(44)40-12-10-39(11-13-40)27(43)17-6-8-34-9-7-17/h2,5,14-17,19,34H,3-4,6-13H2,1H3,(H,36,42). The number of hydrogen-bond donors (Lipinski definition) is 2. The number of piperidine rings is 1. The number of nitrogens with one attached hydrogen (secondary N) is 2. The van der Waals surface area contributed by atoms with E-state index in [1.54, 1.807) is 4.90 Å². The second-order valence-electron chi connectivity index (χ2n) is 11.4. The minimum Gasteiger partial charge on any atom is -0.339 e. The first-order valence-corrected chi connectivity index (χ1v) is 15.0. The molecule has 3 fully saturated rings. The maximum Gasteiger partial charge on any atom is 0.435 e. The van der Waals surface area contributed by atoms with E-state index in [0.29, 0.717) is 26.2 Å². The van der Waals surface area contributed by atoms with Crippen LogP contribution in [0.5, 0.6) is 0 Å². The average Bonchev–Trinajstić information content (AvgIpc) is 3.64. The van der Waals surface area contributed by atoms with Gasteiger partial charge < -0.3 is 25.0 Å². The van der Waals surface area contributed by atoms with Gasteiger partial charge in [0.1, 0.15) is 0 Å². The second-order valence-corrected chi connectivity index (χ2v) is 11.8. The van der Waals surface area contributed by atoms with Crippen LogP contribution in [0.15, 0.2) is 30.6 Å². The monoisotopic (exact) mass is 632 g/mol. The highest BCUT2D eigenvalue weighted by Crippen LogP contribution is 2.41. The van der Waals surface area contributed by atoms with E-state index in [1.807, 2.05) is 4.90 Å². The molecule has 2 aromatic heterocycles. The summed E-state index contributed by atoms with van der Waals surface area (Å²) in [5.74, 6) is -0.878. The molecule has 4 heterocycles. The van der Waals surface area contributed by atoms with Crippen LogP contribution in [-0.2, 0) is 18.0 Å². The highest BCUT2D eigenvalue weighted by atomic mass is 35.5. The largest absolute Gasteiger partial charge is 0.435 e. The number of benzene rings is 1. The number of amides is 3. The van der Waals surface area contributed by atoms with Crippen molar-refractivity contribution in [2.75, 3.05) is 44.6 Å². The lowest BCUT2D eigenvalue weighted by Crippen LogP contribution is -2.52. The Labute approximate surface area is 256 Å². The maximum absolute atomic E-state index is 13.7. The van der Waals surface area contributed by atoms with Crippen LogP contribution in [0.2, 0.25) is 5.02 Å². The van der Waals surface area contributed by atoms with Crippen LogP contribution in [0.25, 0.3) is 11.3 Å². The van der Waals surface area contributed by atoms with Crippen molar-refractivity contribution in [1.82, 2.24) is 34.4 Å². The molecule has 3 aliphatic rings. The molecule has 2 saturated heterocycles. The van der Waals surface area contributed by atoms with Gasteiger partial charge in [-0.05, 0) is 57.0 Å². The Balaban J connectivity index is 1.10. The number of aromatic nitrogens is 4. The number of alkyl halides is 3. The third-order valence-corrected chi connectivity index (χ3v) is 8.73. The molecular formula is C29H32ClF3N8O3. The second kappa shape index (κ2) is 11.9.